The van der Waals surface area contributed by atoms with Crippen molar-refractivity contribution < 1.29 is 9.59 Å². The maximum Gasteiger partial charge on any atom is 0.317 e. The molecule has 5 nitrogen and oxygen atoms in total. The number of nitrogens with one attached hydrogen (secondary N) is 1. The molecule has 2 rings (SSSR count). The minimum atomic E-state index is -0.0946. The van der Waals surface area contributed by atoms with Crippen molar-refractivity contribution in [3.8, 4) is 0 Å². The number of amides is 3. The van der Waals surface area contributed by atoms with E-state index in [1.807, 2.05) is 21.7 Å². The summed E-state index contributed by atoms with van der Waals surface area (Å²) in [5.41, 5.74) is 1.07. The Hall–Kier alpha value is -1.56. The lowest BCUT2D eigenvalue weighted by molar-refractivity contribution is -0.129. The van der Waals surface area contributed by atoms with Crippen molar-refractivity contribution in [1.29, 1.82) is 0 Å². The van der Waals surface area contributed by atoms with Gasteiger partial charge in [0.05, 0.1) is 12.5 Å². The Kier molecular flexibility index (Phi) is 5.45. The molecule has 1 aliphatic heterocycles. The number of urea groups is 1. The van der Waals surface area contributed by atoms with E-state index < -0.39 is 0 Å². The molecule has 0 radical (unpaired) electrons. The van der Waals surface area contributed by atoms with Gasteiger partial charge < -0.3 is 15.1 Å². The van der Waals surface area contributed by atoms with E-state index in [1.54, 1.807) is 25.4 Å². The van der Waals surface area contributed by atoms with Crippen LogP contribution in [0.3, 0.4) is 0 Å². The van der Waals surface area contributed by atoms with Gasteiger partial charge in [0, 0.05) is 33.1 Å². The fourth-order valence-corrected chi connectivity index (χ4v) is 3.50. The Balaban J connectivity index is 2.00. The number of hydrogen-bond acceptors (Lipinski definition) is 3. The Labute approximate surface area is 136 Å². The smallest absolute Gasteiger partial charge is 0.317 e. The van der Waals surface area contributed by atoms with Gasteiger partial charge in [-0.2, -0.15) is 11.3 Å². The first kappa shape index (κ1) is 16.8. The molecule has 1 aromatic rings. The van der Waals surface area contributed by atoms with Crippen LogP contribution in [0, 0.1) is 11.8 Å². The van der Waals surface area contributed by atoms with Gasteiger partial charge in [-0.3, -0.25) is 4.79 Å². The second-order valence-corrected chi connectivity index (χ2v) is 7.25. The maximum atomic E-state index is 12.5. The fraction of sp³-hybridized carbons (Fsp3) is 0.625. The van der Waals surface area contributed by atoms with Gasteiger partial charge in [0.25, 0.3) is 0 Å². The molecule has 2 heterocycles. The second kappa shape index (κ2) is 7.13. The van der Waals surface area contributed by atoms with Crippen molar-refractivity contribution in [3.05, 3.63) is 22.4 Å². The monoisotopic (exact) mass is 323 g/mol. The zero-order valence-corrected chi connectivity index (χ0v) is 14.5. The number of rotatable bonds is 4. The number of carbonyl (C=O) groups excluding carboxylic acids is 2. The standard InChI is InChI=1S/C16H25N3O2S/c1-11(2)13-8-19(9-14(13)17-16(21)18(3)4)15(20)7-12-5-6-22-10-12/h5-6,10-11,13-14H,7-9H2,1-4H3,(H,17,21). The van der Waals surface area contributed by atoms with E-state index in [4.69, 9.17) is 0 Å². The van der Waals surface area contributed by atoms with Crippen molar-refractivity contribution in [2.24, 2.45) is 11.8 Å². The van der Waals surface area contributed by atoms with Gasteiger partial charge in [0.2, 0.25) is 5.91 Å². The summed E-state index contributed by atoms with van der Waals surface area (Å²) >= 11 is 1.61. The normalized spacial score (nSPS) is 21.2. The van der Waals surface area contributed by atoms with Gasteiger partial charge in [0.15, 0.2) is 0 Å². The van der Waals surface area contributed by atoms with Crippen LogP contribution in [0.25, 0.3) is 0 Å². The highest BCUT2D eigenvalue weighted by Crippen LogP contribution is 2.25. The van der Waals surface area contributed by atoms with Gasteiger partial charge in [-0.25, -0.2) is 4.79 Å². The van der Waals surface area contributed by atoms with Gasteiger partial charge in [-0.05, 0) is 28.3 Å². The van der Waals surface area contributed by atoms with E-state index in [0.717, 1.165) is 12.1 Å². The van der Waals surface area contributed by atoms with Gasteiger partial charge >= 0.3 is 6.03 Å². The number of nitrogens with zero attached hydrogens (tertiary/aromatic N) is 2. The zero-order chi connectivity index (χ0) is 16.3. The molecule has 22 heavy (non-hydrogen) atoms. The van der Waals surface area contributed by atoms with Crippen LogP contribution in [-0.2, 0) is 11.2 Å². The average Bonchev–Trinajstić information content (AvgIpc) is 3.07. The van der Waals surface area contributed by atoms with E-state index in [9.17, 15) is 9.59 Å². The lowest BCUT2D eigenvalue weighted by atomic mass is 9.91. The van der Waals surface area contributed by atoms with Crippen LogP contribution in [-0.4, -0.2) is 55.0 Å². The highest BCUT2D eigenvalue weighted by molar-refractivity contribution is 7.07. The third-order valence-electron chi connectivity index (χ3n) is 4.22. The second-order valence-electron chi connectivity index (χ2n) is 6.47. The Morgan fingerprint density at radius 3 is 2.68 bits per heavy atom. The Morgan fingerprint density at radius 1 is 1.41 bits per heavy atom. The molecule has 0 aromatic carbocycles. The summed E-state index contributed by atoms with van der Waals surface area (Å²) in [5, 5.41) is 7.05. The molecule has 0 saturated carbocycles. The first-order valence-electron chi connectivity index (χ1n) is 7.65. The minimum absolute atomic E-state index is 0.0290. The van der Waals surface area contributed by atoms with Gasteiger partial charge in [-0.15, -0.1) is 0 Å². The summed E-state index contributed by atoms with van der Waals surface area (Å²) in [4.78, 5) is 27.8. The minimum Gasteiger partial charge on any atom is -0.340 e. The first-order chi connectivity index (χ1) is 10.4. The van der Waals surface area contributed by atoms with E-state index in [1.165, 1.54) is 4.90 Å². The van der Waals surface area contributed by atoms with E-state index in [-0.39, 0.29) is 18.0 Å². The number of thiophene rings is 1. The maximum absolute atomic E-state index is 12.5. The largest absolute Gasteiger partial charge is 0.340 e. The summed E-state index contributed by atoms with van der Waals surface area (Å²) in [6.45, 7) is 5.61. The van der Waals surface area contributed by atoms with Crippen molar-refractivity contribution >= 4 is 23.3 Å². The van der Waals surface area contributed by atoms with Crippen LogP contribution < -0.4 is 5.32 Å². The molecular formula is C16H25N3O2S. The fourth-order valence-electron chi connectivity index (χ4n) is 2.83. The summed E-state index contributed by atoms with van der Waals surface area (Å²) in [7, 11) is 3.46. The van der Waals surface area contributed by atoms with Crippen molar-refractivity contribution in [1.82, 2.24) is 15.1 Å². The van der Waals surface area contributed by atoms with Crippen LogP contribution in [0.4, 0.5) is 4.79 Å². The molecule has 1 N–H and O–H groups in total. The lowest BCUT2D eigenvalue weighted by Gasteiger charge is -2.24. The molecule has 2 unspecified atom stereocenters. The highest BCUT2D eigenvalue weighted by atomic mass is 32.1. The summed E-state index contributed by atoms with van der Waals surface area (Å²) in [6.07, 6.45) is 0.447. The molecule has 0 bridgehead atoms. The van der Waals surface area contributed by atoms with Crippen LogP contribution in [0.15, 0.2) is 16.8 Å². The first-order valence-corrected chi connectivity index (χ1v) is 8.59. The van der Waals surface area contributed by atoms with Crippen LogP contribution in [0.5, 0.6) is 0 Å². The molecule has 1 aromatic heterocycles. The van der Waals surface area contributed by atoms with E-state index in [2.05, 4.69) is 19.2 Å². The Bertz CT molecular complexity index is 513. The summed E-state index contributed by atoms with van der Waals surface area (Å²) < 4.78 is 0. The van der Waals surface area contributed by atoms with Crippen LogP contribution >= 0.6 is 11.3 Å². The lowest BCUT2D eigenvalue weighted by Crippen LogP contribution is -2.46. The van der Waals surface area contributed by atoms with Gasteiger partial charge in [0.1, 0.15) is 0 Å². The number of likely N-dealkylation sites (tertiary alicyclic amines) is 1. The van der Waals surface area contributed by atoms with Crippen molar-refractivity contribution in [2.45, 2.75) is 26.3 Å². The third kappa shape index (κ3) is 4.00. The Morgan fingerprint density at radius 2 is 2.14 bits per heavy atom. The highest BCUT2D eigenvalue weighted by Gasteiger charge is 2.37. The van der Waals surface area contributed by atoms with Crippen molar-refractivity contribution in [3.63, 3.8) is 0 Å². The SMILES string of the molecule is CC(C)C1CN(C(=O)Cc2ccsc2)CC1NC(=O)N(C)C. The average molecular weight is 323 g/mol. The summed E-state index contributed by atoms with van der Waals surface area (Å²) in [5.74, 6) is 0.868. The number of hydrogen-bond donors (Lipinski definition) is 1. The van der Waals surface area contributed by atoms with Crippen molar-refractivity contribution in [2.75, 3.05) is 27.2 Å². The van der Waals surface area contributed by atoms with Gasteiger partial charge in [-0.1, -0.05) is 13.8 Å². The van der Waals surface area contributed by atoms with E-state index >= 15 is 0 Å². The molecule has 0 spiro atoms. The molecule has 1 fully saturated rings. The molecule has 1 aliphatic rings. The third-order valence-corrected chi connectivity index (χ3v) is 4.96. The quantitative estimate of drug-likeness (QED) is 0.922. The topological polar surface area (TPSA) is 52.7 Å². The van der Waals surface area contributed by atoms with E-state index in [0.29, 0.717) is 24.8 Å². The number of carbonyl (C=O) groups is 2. The predicted molar refractivity (Wildman–Crippen MR) is 88.9 cm³/mol. The molecule has 6 heteroatoms. The molecule has 0 aliphatic carbocycles. The van der Waals surface area contributed by atoms with Crippen LogP contribution in [0.2, 0.25) is 0 Å². The molecule has 3 amide bonds. The molecule has 122 valence electrons. The zero-order valence-electron chi connectivity index (χ0n) is 13.7. The molecule has 2 atom stereocenters. The molecular weight excluding hydrogens is 298 g/mol. The molecule has 1 saturated heterocycles. The summed E-state index contributed by atoms with van der Waals surface area (Å²) in [6, 6.07) is 1.92. The predicted octanol–water partition coefficient (Wildman–Crippen LogP) is 2.04. The van der Waals surface area contributed by atoms with Crippen LogP contribution in [0.1, 0.15) is 19.4 Å².